The van der Waals surface area contributed by atoms with E-state index in [1.54, 1.807) is 0 Å². The van der Waals surface area contributed by atoms with Gasteiger partial charge < -0.3 is 19.7 Å². The van der Waals surface area contributed by atoms with Crippen molar-refractivity contribution in [1.29, 1.82) is 0 Å². The predicted octanol–water partition coefficient (Wildman–Crippen LogP) is 2.27. The van der Waals surface area contributed by atoms with Crippen LogP contribution in [0.5, 0.6) is 0 Å². The Morgan fingerprint density at radius 3 is 1.50 bits per heavy atom. The summed E-state index contributed by atoms with van der Waals surface area (Å²) in [6, 6.07) is 7.77. The third kappa shape index (κ3) is 3.55. The van der Waals surface area contributed by atoms with Crippen LogP contribution in [0.3, 0.4) is 0 Å². The number of hydrogen-bond acceptors (Lipinski definition) is 6. The van der Waals surface area contributed by atoms with Gasteiger partial charge in [-0.15, -0.1) is 0 Å². The number of ether oxygens (including phenoxy) is 2. The maximum absolute atomic E-state index is 14.7. The second-order valence-corrected chi connectivity index (χ2v) is 6.93. The van der Waals surface area contributed by atoms with Crippen LogP contribution in [0, 0.1) is 11.6 Å². The molecule has 2 N–H and O–H groups in total. The van der Waals surface area contributed by atoms with E-state index in [1.165, 1.54) is 34.1 Å². The number of aliphatic hydroxyl groups is 2. The van der Waals surface area contributed by atoms with Gasteiger partial charge in [-0.2, -0.15) is 0 Å². The molecule has 2 atom stereocenters. The number of anilines is 2. The molecule has 4 rings (SSSR count). The van der Waals surface area contributed by atoms with E-state index in [0.717, 1.165) is 12.1 Å². The minimum absolute atomic E-state index is 0.0219. The summed E-state index contributed by atoms with van der Waals surface area (Å²) in [5.41, 5.74) is 0.408. The maximum atomic E-state index is 14.7. The average molecular weight is 420 g/mol. The van der Waals surface area contributed by atoms with Crippen molar-refractivity contribution in [2.75, 3.05) is 36.1 Å². The van der Waals surface area contributed by atoms with Crippen molar-refractivity contribution in [2.45, 2.75) is 12.2 Å². The molecule has 2 saturated heterocycles. The van der Waals surface area contributed by atoms with Gasteiger partial charge in [0.1, 0.15) is 23.8 Å². The Labute approximate surface area is 169 Å². The van der Waals surface area contributed by atoms with Gasteiger partial charge in [0.25, 0.3) is 0 Å². The SMILES string of the molecule is O=C1OC(CO)CN1c1ccc(-c2ccc(N3CC(CO)OC3=O)cc2F)c(F)c1. The molecule has 8 nitrogen and oxygen atoms in total. The highest BCUT2D eigenvalue weighted by molar-refractivity contribution is 5.91. The lowest BCUT2D eigenvalue weighted by molar-refractivity contribution is 0.0960. The molecule has 2 heterocycles. The van der Waals surface area contributed by atoms with E-state index in [2.05, 4.69) is 0 Å². The number of amides is 2. The van der Waals surface area contributed by atoms with Gasteiger partial charge in [0, 0.05) is 11.1 Å². The van der Waals surface area contributed by atoms with Gasteiger partial charge >= 0.3 is 12.2 Å². The standard InChI is InChI=1S/C20H18F2N2O6/c21-17-5-11(23-7-13(9-25)29-19(23)27)1-3-15(17)16-4-2-12(6-18(16)22)24-8-14(10-26)30-20(24)28/h1-6,13-14,25-26H,7-10H2. The summed E-state index contributed by atoms with van der Waals surface area (Å²) in [5, 5.41) is 18.2. The number of nitrogens with zero attached hydrogens (tertiary/aromatic N) is 2. The molecule has 0 bridgehead atoms. The molecule has 2 unspecified atom stereocenters. The molecule has 10 heteroatoms. The summed E-state index contributed by atoms with van der Waals surface area (Å²) in [6.07, 6.45) is -2.77. The van der Waals surface area contributed by atoms with Crippen molar-refractivity contribution in [3.8, 4) is 11.1 Å². The number of halogens is 2. The lowest BCUT2D eigenvalue weighted by Crippen LogP contribution is -2.25. The normalized spacial score (nSPS) is 21.2. The van der Waals surface area contributed by atoms with Crippen LogP contribution in [0.25, 0.3) is 11.1 Å². The van der Waals surface area contributed by atoms with Gasteiger partial charge in [0.15, 0.2) is 0 Å². The number of carbonyl (C=O) groups excluding carboxylic acids is 2. The van der Waals surface area contributed by atoms with Crippen molar-refractivity contribution in [2.24, 2.45) is 0 Å². The molecule has 0 radical (unpaired) electrons. The van der Waals surface area contributed by atoms with Crippen LogP contribution in [0.4, 0.5) is 29.7 Å². The zero-order valence-electron chi connectivity index (χ0n) is 15.6. The van der Waals surface area contributed by atoms with E-state index in [1.807, 2.05) is 0 Å². The Morgan fingerprint density at radius 1 is 0.800 bits per heavy atom. The number of aliphatic hydroxyl groups excluding tert-OH is 2. The van der Waals surface area contributed by atoms with Gasteiger partial charge in [0.05, 0.1) is 37.7 Å². The Bertz CT molecular complexity index is 922. The summed E-state index contributed by atoms with van der Waals surface area (Å²) < 4.78 is 39.3. The average Bonchev–Trinajstić information content (AvgIpc) is 3.30. The van der Waals surface area contributed by atoms with Gasteiger partial charge in [-0.3, -0.25) is 9.80 Å². The van der Waals surface area contributed by atoms with Crippen molar-refractivity contribution in [3.05, 3.63) is 48.0 Å². The molecule has 2 aliphatic rings. The fraction of sp³-hybridized carbons (Fsp3) is 0.300. The van der Waals surface area contributed by atoms with E-state index < -0.39 is 36.0 Å². The molecular formula is C20H18F2N2O6. The zero-order chi connectivity index (χ0) is 21.4. The Balaban J connectivity index is 1.59. The van der Waals surface area contributed by atoms with Gasteiger partial charge in [-0.05, 0) is 36.4 Å². The molecular weight excluding hydrogens is 402 g/mol. The van der Waals surface area contributed by atoms with E-state index >= 15 is 0 Å². The van der Waals surface area contributed by atoms with E-state index in [-0.39, 0.29) is 48.8 Å². The van der Waals surface area contributed by atoms with Crippen LogP contribution in [0.2, 0.25) is 0 Å². The molecule has 2 aromatic rings. The summed E-state index contributed by atoms with van der Waals surface area (Å²) in [7, 11) is 0. The van der Waals surface area contributed by atoms with Crippen molar-refractivity contribution < 1.29 is 38.1 Å². The third-order valence-electron chi connectivity index (χ3n) is 4.97. The summed E-state index contributed by atoms with van der Waals surface area (Å²) >= 11 is 0. The first-order valence-corrected chi connectivity index (χ1v) is 9.18. The number of cyclic esters (lactones) is 2. The maximum Gasteiger partial charge on any atom is 0.414 e. The zero-order valence-corrected chi connectivity index (χ0v) is 15.6. The highest BCUT2D eigenvalue weighted by atomic mass is 19.1. The smallest absolute Gasteiger partial charge is 0.414 e. The van der Waals surface area contributed by atoms with E-state index in [0.29, 0.717) is 0 Å². The number of rotatable bonds is 5. The highest BCUT2D eigenvalue weighted by Crippen LogP contribution is 2.33. The summed E-state index contributed by atoms with van der Waals surface area (Å²) in [4.78, 5) is 26.1. The van der Waals surface area contributed by atoms with Gasteiger partial charge in [0.2, 0.25) is 0 Å². The largest absolute Gasteiger partial charge is 0.441 e. The predicted molar refractivity (Wildman–Crippen MR) is 101 cm³/mol. The van der Waals surface area contributed by atoms with Crippen LogP contribution < -0.4 is 9.80 Å². The molecule has 2 amide bonds. The van der Waals surface area contributed by atoms with Crippen LogP contribution in [-0.4, -0.2) is 60.9 Å². The first-order chi connectivity index (χ1) is 14.4. The fourth-order valence-corrected chi connectivity index (χ4v) is 3.44. The number of hydrogen-bond donors (Lipinski definition) is 2. The first-order valence-electron chi connectivity index (χ1n) is 9.18. The second-order valence-electron chi connectivity index (χ2n) is 6.93. The number of benzene rings is 2. The van der Waals surface area contributed by atoms with Crippen LogP contribution >= 0.6 is 0 Å². The van der Waals surface area contributed by atoms with Crippen LogP contribution in [-0.2, 0) is 9.47 Å². The van der Waals surface area contributed by atoms with Crippen LogP contribution in [0.1, 0.15) is 0 Å². The third-order valence-corrected chi connectivity index (χ3v) is 4.97. The minimum Gasteiger partial charge on any atom is -0.441 e. The lowest BCUT2D eigenvalue weighted by Gasteiger charge is -2.16. The fourth-order valence-electron chi connectivity index (χ4n) is 3.44. The molecule has 0 spiro atoms. The Kier molecular flexibility index (Phi) is 5.27. The Hall–Kier alpha value is -3.24. The first kappa shape index (κ1) is 20.0. The van der Waals surface area contributed by atoms with Crippen molar-refractivity contribution in [3.63, 3.8) is 0 Å². The molecule has 2 aliphatic heterocycles. The molecule has 158 valence electrons. The van der Waals surface area contributed by atoms with E-state index in [4.69, 9.17) is 19.7 Å². The molecule has 0 aromatic heterocycles. The molecule has 30 heavy (non-hydrogen) atoms. The summed E-state index contributed by atoms with van der Waals surface area (Å²) in [6.45, 7) is -0.524. The number of carbonyl (C=O) groups is 2. The minimum atomic E-state index is -0.750. The summed E-state index contributed by atoms with van der Waals surface area (Å²) in [5.74, 6) is -1.50. The van der Waals surface area contributed by atoms with Crippen molar-refractivity contribution >= 4 is 23.6 Å². The Morgan fingerprint density at radius 2 is 1.20 bits per heavy atom. The van der Waals surface area contributed by atoms with Crippen molar-refractivity contribution in [1.82, 2.24) is 0 Å². The second kappa shape index (κ2) is 7.88. The highest BCUT2D eigenvalue weighted by Gasteiger charge is 2.33. The monoisotopic (exact) mass is 420 g/mol. The van der Waals surface area contributed by atoms with Gasteiger partial charge in [-0.1, -0.05) is 0 Å². The lowest BCUT2D eigenvalue weighted by atomic mass is 10.0. The molecule has 2 aromatic carbocycles. The quantitative estimate of drug-likeness (QED) is 0.770. The molecule has 0 saturated carbocycles. The topological polar surface area (TPSA) is 99.5 Å². The molecule has 0 aliphatic carbocycles. The van der Waals surface area contributed by atoms with Gasteiger partial charge in [-0.25, -0.2) is 18.4 Å². The molecule has 2 fully saturated rings. The van der Waals surface area contributed by atoms with Crippen LogP contribution in [0.15, 0.2) is 36.4 Å². The van der Waals surface area contributed by atoms with E-state index in [9.17, 15) is 18.4 Å².